The highest BCUT2D eigenvalue weighted by molar-refractivity contribution is 5.87. The molecule has 0 aliphatic carbocycles. The summed E-state index contributed by atoms with van der Waals surface area (Å²) in [4.78, 5) is 41.5. The van der Waals surface area contributed by atoms with Crippen LogP contribution in [0.5, 0.6) is 0 Å². The molecule has 2 heterocycles. The van der Waals surface area contributed by atoms with Gasteiger partial charge in [0.25, 0.3) is 0 Å². The zero-order valence-electron chi connectivity index (χ0n) is 16.8. The van der Waals surface area contributed by atoms with Gasteiger partial charge in [-0.05, 0) is 45.6 Å². The Labute approximate surface area is 169 Å². The van der Waals surface area contributed by atoms with Gasteiger partial charge in [-0.15, -0.1) is 0 Å². The number of ketones is 1. The Morgan fingerprint density at radius 3 is 2.72 bits per heavy atom. The van der Waals surface area contributed by atoms with Gasteiger partial charge < -0.3 is 31.9 Å². The van der Waals surface area contributed by atoms with Crippen molar-refractivity contribution in [2.24, 2.45) is 17.2 Å². The van der Waals surface area contributed by atoms with Crippen LogP contribution in [-0.4, -0.2) is 51.9 Å². The third-order valence-electron chi connectivity index (χ3n) is 5.02. The van der Waals surface area contributed by atoms with E-state index in [0.29, 0.717) is 31.8 Å². The summed E-state index contributed by atoms with van der Waals surface area (Å²) in [5, 5.41) is 6.71. The largest absolute Gasteiger partial charge is 0.370 e. The molecule has 0 aromatic carbocycles. The molecule has 3 atom stereocenters. The third kappa shape index (κ3) is 6.50. The van der Waals surface area contributed by atoms with Crippen molar-refractivity contribution in [1.82, 2.24) is 20.4 Å². The Morgan fingerprint density at radius 1 is 1.31 bits per heavy atom. The highest BCUT2D eigenvalue weighted by Crippen LogP contribution is 2.23. The van der Waals surface area contributed by atoms with Crippen molar-refractivity contribution in [2.75, 3.05) is 13.1 Å². The van der Waals surface area contributed by atoms with E-state index in [0.717, 1.165) is 19.3 Å². The topological polar surface area (TPSA) is 183 Å². The number of likely N-dealkylation sites (tertiary alicyclic amines) is 1. The lowest BCUT2D eigenvalue weighted by Crippen LogP contribution is -2.46. The number of hydrogen-bond donors (Lipinski definition) is 4. The molecule has 11 nitrogen and oxygen atoms in total. The van der Waals surface area contributed by atoms with Gasteiger partial charge in [-0.2, -0.15) is 4.98 Å². The summed E-state index contributed by atoms with van der Waals surface area (Å²) in [6.07, 6.45) is 3.96. The van der Waals surface area contributed by atoms with Crippen LogP contribution in [0.15, 0.2) is 4.52 Å². The van der Waals surface area contributed by atoms with Gasteiger partial charge in [0.15, 0.2) is 11.6 Å². The van der Waals surface area contributed by atoms with Crippen molar-refractivity contribution < 1.29 is 18.9 Å². The number of unbranched alkanes of at least 4 members (excludes halogenated alkanes) is 1. The number of nitrogens with zero attached hydrogens (tertiary/aromatic N) is 3. The molecular weight excluding hydrogens is 378 g/mol. The number of Topliss-reactive ketones (excluding diaryl/α,β-unsaturated/α-hetero) is 1. The number of nitrogens with two attached hydrogens (primary N) is 3. The van der Waals surface area contributed by atoms with Crippen molar-refractivity contribution in [3.05, 3.63) is 11.7 Å². The summed E-state index contributed by atoms with van der Waals surface area (Å²) in [7, 11) is 0. The number of aromatic nitrogens is 2. The van der Waals surface area contributed by atoms with E-state index in [9.17, 15) is 14.4 Å². The van der Waals surface area contributed by atoms with Gasteiger partial charge in [-0.1, -0.05) is 11.6 Å². The summed E-state index contributed by atoms with van der Waals surface area (Å²) in [6, 6.07) is -1.97. The zero-order valence-corrected chi connectivity index (χ0v) is 16.8. The van der Waals surface area contributed by atoms with Crippen LogP contribution in [0, 0.1) is 0 Å². The zero-order chi connectivity index (χ0) is 21.4. The first-order valence-corrected chi connectivity index (χ1v) is 9.98. The second-order valence-electron chi connectivity index (χ2n) is 7.35. The minimum atomic E-state index is -0.708. The number of primary amides is 1. The van der Waals surface area contributed by atoms with E-state index in [1.807, 2.05) is 0 Å². The van der Waals surface area contributed by atoms with Gasteiger partial charge in [0.05, 0.1) is 12.1 Å². The fraction of sp³-hybridized carbons (Fsp3) is 0.722. The predicted molar refractivity (Wildman–Crippen MR) is 104 cm³/mol. The van der Waals surface area contributed by atoms with Crippen LogP contribution in [0.1, 0.15) is 75.7 Å². The molecule has 11 heteroatoms. The number of carbonyl (C=O) groups is 3. The number of carbonyl (C=O) groups excluding carboxylic acids is 3. The average Bonchev–Trinajstić information content (AvgIpc) is 3.34. The molecule has 1 aromatic heterocycles. The minimum Gasteiger partial charge on any atom is -0.370 e. The first-order chi connectivity index (χ1) is 13.8. The molecule has 0 radical (unpaired) electrons. The molecule has 1 aliphatic rings. The SMILES string of the molecule is CC(=O)C1CCCN1C(=O)N[C@@H](CCC(N)=O)c1nc([C@@H](N)CCCCN)no1. The van der Waals surface area contributed by atoms with Crippen LogP contribution in [-0.2, 0) is 9.59 Å². The Morgan fingerprint density at radius 2 is 2.07 bits per heavy atom. The van der Waals surface area contributed by atoms with E-state index in [-0.39, 0.29) is 24.5 Å². The number of nitrogens with one attached hydrogen (secondary N) is 1. The van der Waals surface area contributed by atoms with Crippen molar-refractivity contribution in [3.63, 3.8) is 0 Å². The standard InChI is InChI=1S/C18H31N7O4/c1-11(26)14-6-4-10-25(14)18(28)22-13(7-8-15(21)27)17-23-16(24-29-17)12(20)5-2-3-9-19/h12-14H,2-10,19-20H2,1H3,(H2,21,27)(H,22,28)/t12-,13-,14?/m0/s1. The molecule has 1 saturated heterocycles. The van der Waals surface area contributed by atoms with Crippen LogP contribution in [0.25, 0.3) is 0 Å². The number of urea groups is 1. The van der Waals surface area contributed by atoms with E-state index in [1.54, 1.807) is 0 Å². The first kappa shape index (κ1) is 22.8. The van der Waals surface area contributed by atoms with Crippen molar-refractivity contribution in [1.29, 1.82) is 0 Å². The molecule has 2 rings (SSSR count). The van der Waals surface area contributed by atoms with Crippen LogP contribution in [0.2, 0.25) is 0 Å². The maximum Gasteiger partial charge on any atom is 0.318 e. The molecule has 0 bridgehead atoms. The number of hydrogen-bond acceptors (Lipinski definition) is 8. The second-order valence-corrected chi connectivity index (χ2v) is 7.35. The fourth-order valence-corrected chi connectivity index (χ4v) is 3.39. The predicted octanol–water partition coefficient (Wildman–Crippen LogP) is 0.268. The van der Waals surface area contributed by atoms with Gasteiger partial charge in [-0.25, -0.2) is 4.79 Å². The van der Waals surface area contributed by atoms with Gasteiger partial charge in [-0.3, -0.25) is 9.59 Å². The van der Waals surface area contributed by atoms with Crippen LogP contribution in [0.4, 0.5) is 4.79 Å². The molecule has 1 aliphatic heterocycles. The molecule has 1 unspecified atom stereocenters. The van der Waals surface area contributed by atoms with E-state index in [1.165, 1.54) is 11.8 Å². The third-order valence-corrected chi connectivity index (χ3v) is 5.02. The van der Waals surface area contributed by atoms with E-state index in [4.69, 9.17) is 21.7 Å². The van der Waals surface area contributed by atoms with Gasteiger partial charge in [0.2, 0.25) is 11.8 Å². The Kier molecular flexibility index (Phi) is 8.52. The molecule has 1 fully saturated rings. The minimum absolute atomic E-state index is 0.0291. The molecule has 0 saturated carbocycles. The van der Waals surface area contributed by atoms with E-state index < -0.39 is 30.1 Å². The van der Waals surface area contributed by atoms with E-state index >= 15 is 0 Å². The molecule has 1 aromatic rings. The Balaban J connectivity index is 2.08. The number of amides is 3. The van der Waals surface area contributed by atoms with Crippen molar-refractivity contribution >= 4 is 17.7 Å². The molecule has 3 amide bonds. The smallest absolute Gasteiger partial charge is 0.318 e. The van der Waals surface area contributed by atoms with Crippen LogP contribution < -0.4 is 22.5 Å². The van der Waals surface area contributed by atoms with Gasteiger partial charge in [0, 0.05) is 13.0 Å². The molecule has 29 heavy (non-hydrogen) atoms. The van der Waals surface area contributed by atoms with Crippen LogP contribution >= 0.6 is 0 Å². The first-order valence-electron chi connectivity index (χ1n) is 9.98. The molecule has 162 valence electrons. The summed E-state index contributed by atoms with van der Waals surface area (Å²) in [6.45, 7) is 2.54. The Bertz CT molecular complexity index is 708. The van der Waals surface area contributed by atoms with Gasteiger partial charge in [0.1, 0.15) is 6.04 Å². The summed E-state index contributed by atoms with van der Waals surface area (Å²) < 4.78 is 5.31. The normalized spacial score (nSPS) is 18.4. The molecule has 0 spiro atoms. The van der Waals surface area contributed by atoms with Crippen LogP contribution in [0.3, 0.4) is 0 Å². The molecular formula is C18H31N7O4. The maximum absolute atomic E-state index is 12.7. The lowest BCUT2D eigenvalue weighted by Gasteiger charge is -2.25. The fourth-order valence-electron chi connectivity index (χ4n) is 3.39. The van der Waals surface area contributed by atoms with Crippen molar-refractivity contribution in [2.45, 2.75) is 70.0 Å². The van der Waals surface area contributed by atoms with Gasteiger partial charge >= 0.3 is 6.03 Å². The maximum atomic E-state index is 12.7. The lowest BCUT2D eigenvalue weighted by atomic mass is 10.1. The summed E-state index contributed by atoms with van der Waals surface area (Å²) in [5.41, 5.74) is 16.8. The van der Waals surface area contributed by atoms with E-state index in [2.05, 4.69) is 15.5 Å². The molecule has 7 N–H and O–H groups in total. The van der Waals surface area contributed by atoms with Crippen molar-refractivity contribution in [3.8, 4) is 0 Å². The average molecular weight is 409 g/mol. The number of rotatable bonds is 11. The monoisotopic (exact) mass is 409 g/mol. The quantitative estimate of drug-likeness (QED) is 0.375. The summed E-state index contributed by atoms with van der Waals surface area (Å²) in [5.74, 6) is -0.0827. The highest BCUT2D eigenvalue weighted by atomic mass is 16.5. The second kappa shape index (κ2) is 10.9. The summed E-state index contributed by atoms with van der Waals surface area (Å²) >= 11 is 0. The highest BCUT2D eigenvalue weighted by Gasteiger charge is 2.34. The lowest BCUT2D eigenvalue weighted by molar-refractivity contribution is -0.120. The Hall–Kier alpha value is -2.53.